The maximum absolute atomic E-state index is 12.1. The van der Waals surface area contributed by atoms with Gasteiger partial charge in [-0.3, -0.25) is 4.79 Å². The lowest BCUT2D eigenvalue weighted by molar-refractivity contribution is 0.583. The van der Waals surface area contributed by atoms with Gasteiger partial charge in [0.05, 0.1) is 9.86 Å². The van der Waals surface area contributed by atoms with Gasteiger partial charge in [-0.25, -0.2) is 0 Å². The average molecular weight is 368 g/mol. The van der Waals surface area contributed by atoms with Crippen molar-refractivity contribution >= 4 is 48.4 Å². The van der Waals surface area contributed by atoms with Crippen molar-refractivity contribution in [2.75, 3.05) is 0 Å². The minimum Gasteiger partial charge on any atom is -0.455 e. The molecule has 0 saturated heterocycles. The highest BCUT2D eigenvalue weighted by Crippen LogP contribution is 2.30. The fourth-order valence-electron chi connectivity index (χ4n) is 1.97. The molecule has 0 unspecified atom stereocenters. The van der Waals surface area contributed by atoms with E-state index in [0.29, 0.717) is 16.7 Å². The van der Waals surface area contributed by atoms with Crippen molar-refractivity contribution in [3.63, 3.8) is 0 Å². The molecule has 0 aliphatic heterocycles. The second kappa shape index (κ2) is 4.52. The maximum Gasteiger partial charge on any atom is 0.193 e. The first-order chi connectivity index (χ1) is 8.65. The van der Waals surface area contributed by atoms with Crippen LogP contribution >= 0.6 is 31.9 Å². The van der Waals surface area contributed by atoms with E-state index in [-0.39, 0.29) is 5.43 Å². The van der Waals surface area contributed by atoms with Crippen molar-refractivity contribution in [2.45, 2.75) is 6.42 Å². The first-order valence-electron chi connectivity index (χ1n) is 5.44. The molecule has 1 aliphatic carbocycles. The molecule has 18 heavy (non-hydrogen) atoms. The van der Waals surface area contributed by atoms with Crippen LogP contribution < -0.4 is 5.43 Å². The number of rotatable bonds is 1. The van der Waals surface area contributed by atoms with E-state index in [0.717, 1.165) is 20.9 Å². The van der Waals surface area contributed by atoms with Crippen LogP contribution in [0.15, 0.2) is 54.6 Å². The summed E-state index contributed by atoms with van der Waals surface area (Å²) in [5.41, 5.74) is 1.60. The molecular formula is C14H8Br2O2. The second-order valence-electron chi connectivity index (χ2n) is 4.06. The second-order valence-corrected chi connectivity index (χ2v) is 5.83. The number of benzene rings is 1. The number of fused-ring (bicyclic) bond motifs is 1. The number of halogens is 2. The van der Waals surface area contributed by atoms with Crippen LogP contribution in [0.2, 0.25) is 0 Å². The topological polar surface area (TPSA) is 30.2 Å². The Kier molecular flexibility index (Phi) is 2.99. The van der Waals surface area contributed by atoms with Gasteiger partial charge in [-0.2, -0.15) is 0 Å². The summed E-state index contributed by atoms with van der Waals surface area (Å²) in [6, 6.07) is 5.20. The smallest absolute Gasteiger partial charge is 0.193 e. The largest absolute Gasteiger partial charge is 0.455 e. The highest BCUT2D eigenvalue weighted by Gasteiger charge is 2.12. The van der Waals surface area contributed by atoms with E-state index < -0.39 is 0 Å². The predicted octanol–water partition coefficient (Wildman–Crippen LogP) is 4.66. The molecule has 2 aromatic rings. The lowest BCUT2D eigenvalue weighted by Gasteiger charge is -2.05. The third kappa shape index (κ3) is 1.99. The Morgan fingerprint density at radius 1 is 1.17 bits per heavy atom. The van der Waals surface area contributed by atoms with Crippen molar-refractivity contribution in [2.24, 2.45) is 0 Å². The summed E-state index contributed by atoms with van der Waals surface area (Å²) in [6.07, 6.45) is 6.78. The quantitative estimate of drug-likeness (QED) is 0.733. The first kappa shape index (κ1) is 11.9. The number of hydrogen-bond acceptors (Lipinski definition) is 2. The monoisotopic (exact) mass is 366 g/mol. The van der Waals surface area contributed by atoms with Gasteiger partial charge in [0.15, 0.2) is 11.0 Å². The van der Waals surface area contributed by atoms with Crippen molar-refractivity contribution in [3.8, 4) is 0 Å². The normalized spacial score (nSPS) is 14.2. The molecule has 2 nitrogen and oxygen atoms in total. The summed E-state index contributed by atoms with van der Waals surface area (Å²) >= 11 is 6.80. The molecule has 0 fully saturated rings. The lowest BCUT2D eigenvalue weighted by Crippen LogP contribution is -2.02. The van der Waals surface area contributed by atoms with Gasteiger partial charge in [0.1, 0.15) is 5.76 Å². The molecule has 4 heteroatoms. The van der Waals surface area contributed by atoms with Gasteiger partial charge in [0.25, 0.3) is 0 Å². The van der Waals surface area contributed by atoms with E-state index in [1.165, 1.54) is 0 Å². The Balaban J connectivity index is 2.30. The van der Waals surface area contributed by atoms with Crippen molar-refractivity contribution in [1.82, 2.24) is 0 Å². The standard InChI is InChI=1S/C14H8Br2O2/c15-9-5-10-12(17)7-13(8-3-1-2-4-8)18-14(10)11(16)6-9/h1-3,5-7H,4H2. The van der Waals surface area contributed by atoms with Gasteiger partial charge in [0.2, 0.25) is 0 Å². The van der Waals surface area contributed by atoms with Crippen LogP contribution in [0, 0.1) is 0 Å². The minimum absolute atomic E-state index is 0.0268. The highest BCUT2D eigenvalue weighted by atomic mass is 79.9. The van der Waals surface area contributed by atoms with Crippen molar-refractivity contribution in [1.29, 1.82) is 0 Å². The minimum atomic E-state index is -0.0268. The predicted molar refractivity (Wildman–Crippen MR) is 79.6 cm³/mol. The van der Waals surface area contributed by atoms with Crippen LogP contribution in [0.5, 0.6) is 0 Å². The molecule has 0 bridgehead atoms. The molecule has 1 aromatic carbocycles. The van der Waals surface area contributed by atoms with Crippen LogP contribution in [0.3, 0.4) is 0 Å². The van der Waals surface area contributed by atoms with E-state index in [2.05, 4.69) is 31.9 Å². The molecule has 0 atom stereocenters. The molecule has 1 heterocycles. The average Bonchev–Trinajstić information content (AvgIpc) is 2.83. The third-order valence-electron chi connectivity index (χ3n) is 2.84. The summed E-state index contributed by atoms with van der Waals surface area (Å²) in [5.74, 6) is 0.639. The summed E-state index contributed by atoms with van der Waals surface area (Å²) < 4.78 is 7.46. The Bertz CT molecular complexity index is 754. The summed E-state index contributed by atoms with van der Waals surface area (Å²) in [4.78, 5) is 12.1. The lowest BCUT2D eigenvalue weighted by atomic mass is 10.1. The summed E-state index contributed by atoms with van der Waals surface area (Å²) in [7, 11) is 0. The van der Waals surface area contributed by atoms with Gasteiger partial charge >= 0.3 is 0 Å². The fourth-order valence-corrected chi connectivity index (χ4v) is 3.28. The fraction of sp³-hybridized carbons (Fsp3) is 0.0714. The molecule has 3 rings (SSSR count). The van der Waals surface area contributed by atoms with Gasteiger partial charge in [-0.15, -0.1) is 0 Å². The van der Waals surface area contributed by atoms with Gasteiger partial charge in [0, 0.05) is 10.5 Å². The molecule has 0 radical (unpaired) electrons. The van der Waals surface area contributed by atoms with E-state index in [1.54, 1.807) is 12.1 Å². The zero-order valence-electron chi connectivity index (χ0n) is 9.24. The van der Waals surface area contributed by atoms with Gasteiger partial charge in [-0.1, -0.05) is 34.2 Å². The number of hydrogen-bond donors (Lipinski definition) is 0. The zero-order valence-corrected chi connectivity index (χ0v) is 12.4. The van der Waals surface area contributed by atoms with Crippen LogP contribution in [0.25, 0.3) is 16.5 Å². The molecule has 1 aliphatic rings. The van der Waals surface area contributed by atoms with Gasteiger partial charge < -0.3 is 4.42 Å². The molecule has 90 valence electrons. The van der Waals surface area contributed by atoms with Crippen molar-refractivity contribution in [3.05, 3.63) is 61.4 Å². The van der Waals surface area contributed by atoms with E-state index in [1.807, 2.05) is 24.3 Å². The molecule has 0 saturated carbocycles. The van der Waals surface area contributed by atoms with E-state index in [4.69, 9.17) is 4.42 Å². The SMILES string of the molecule is O=c1cc(C2=CC=CC2)oc2c(Br)cc(Br)cc12. The zero-order chi connectivity index (χ0) is 12.7. The van der Waals surface area contributed by atoms with E-state index in [9.17, 15) is 4.79 Å². The van der Waals surface area contributed by atoms with Crippen LogP contribution in [0.1, 0.15) is 12.2 Å². The maximum atomic E-state index is 12.1. The summed E-state index contributed by atoms with van der Waals surface area (Å²) in [6.45, 7) is 0. The Hall–Kier alpha value is -1.13. The first-order valence-corrected chi connectivity index (χ1v) is 7.03. The Labute approximate surface area is 120 Å². The molecule has 0 amide bonds. The Morgan fingerprint density at radius 2 is 2.00 bits per heavy atom. The van der Waals surface area contributed by atoms with Crippen LogP contribution in [-0.2, 0) is 0 Å². The number of allylic oxidation sites excluding steroid dienone is 4. The summed E-state index contributed by atoms with van der Waals surface area (Å²) in [5, 5.41) is 0.576. The Morgan fingerprint density at radius 3 is 2.72 bits per heavy atom. The van der Waals surface area contributed by atoms with E-state index >= 15 is 0 Å². The van der Waals surface area contributed by atoms with Crippen molar-refractivity contribution < 1.29 is 4.42 Å². The molecule has 0 N–H and O–H groups in total. The highest BCUT2D eigenvalue weighted by molar-refractivity contribution is 9.11. The van der Waals surface area contributed by atoms with Crippen LogP contribution in [-0.4, -0.2) is 0 Å². The van der Waals surface area contributed by atoms with Gasteiger partial charge in [-0.05, 0) is 40.1 Å². The molecular weight excluding hydrogens is 360 g/mol. The third-order valence-corrected chi connectivity index (χ3v) is 3.88. The molecule has 0 spiro atoms. The van der Waals surface area contributed by atoms with Crippen LogP contribution in [0.4, 0.5) is 0 Å². The molecule has 1 aromatic heterocycles.